The van der Waals surface area contributed by atoms with Crippen molar-refractivity contribution >= 4 is 10.1 Å². The number of aliphatic hydroxyl groups excluding tert-OH is 2. The van der Waals surface area contributed by atoms with Crippen molar-refractivity contribution in [3.05, 3.63) is 0 Å². The average molecular weight is 307 g/mol. The zero-order valence-electron chi connectivity index (χ0n) is 9.34. The zero-order chi connectivity index (χ0) is 14.8. The monoisotopic (exact) mass is 307 g/mol. The molecule has 2 aliphatic rings. The first-order valence-corrected chi connectivity index (χ1v) is 6.89. The Morgan fingerprint density at radius 2 is 1.58 bits per heavy atom. The summed E-state index contributed by atoms with van der Waals surface area (Å²) in [4.78, 5) is 0. The summed E-state index contributed by atoms with van der Waals surface area (Å²) in [5.41, 5.74) is 0. The summed E-state index contributed by atoms with van der Waals surface area (Å²) in [5, 5.41) is 13.1. The van der Waals surface area contributed by atoms with Crippen LogP contribution in [0, 0.1) is 17.8 Å². The molecule has 0 heterocycles. The molecule has 0 amide bonds. The number of hydrogen-bond acceptors (Lipinski definition) is 5. The lowest BCUT2D eigenvalue weighted by molar-refractivity contribution is -0.215. The van der Waals surface area contributed by atoms with E-state index in [0.717, 1.165) is 0 Å². The van der Waals surface area contributed by atoms with Gasteiger partial charge in [0.15, 0.2) is 10.1 Å². The molecule has 0 radical (unpaired) electrons. The zero-order valence-corrected chi connectivity index (χ0v) is 10.2. The Morgan fingerprint density at radius 1 is 1.05 bits per heavy atom. The van der Waals surface area contributed by atoms with E-state index in [1.165, 1.54) is 0 Å². The first kappa shape index (κ1) is 14.9. The molecular weight excluding hydrogens is 296 g/mol. The molecule has 2 aliphatic carbocycles. The second-order valence-electron chi connectivity index (χ2n) is 5.08. The molecule has 2 rings (SSSR count). The van der Waals surface area contributed by atoms with E-state index in [1.54, 1.807) is 0 Å². The number of aliphatic hydroxyl groups is 2. The fraction of sp³-hybridized carbons (Fsp3) is 1.00. The van der Waals surface area contributed by atoms with Gasteiger partial charge in [-0.2, -0.15) is 17.6 Å². The summed E-state index contributed by atoms with van der Waals surface area (Å²) in [6.07, 6.45) is -3.55. The predicted molar refractivity (Wildman–Crippen MR) is 51.3 cm³/mol. The third-order valence-electron chi connectivity index (χ3n) is 4.09. The minimum Gasteiger partial charge on any atom is -0.743 e. The molecule has 0 aromatic rings. The molecule has 0 aliphatic heterocycles. The minimum absolute atomic E-state index is 0.0996. The van der Waals surface area contributed by atoms with Gasteiger partial charge in [0.1, 0.15) is 0 Å². The van der Waals surface area contributed by atoms with Crippen molar-refractivity contribution in [2.75, 3.05) is 0 Å². The number of hydrogen-bond donors (Lipinski definition) is 2. The molecular formula is C9H11F4O5S-. The molecule has 5 atom stereocenters. The van der Waals surface area contributed by atoms with Crippen LogP contribution < -0.4 is 0 Å². The molecule has 19 heavy (non-hydrogen) atoms. The van der Waals surface area contributed by atoms with Crippen LogP contribution in [0.5, 0.6) is 0 Å². The van der Waals surface area contributed by atoms with Crippen LogP contribution in [0.15, 0.2) is 0 Å². The lowest BCUT2D eigenvalue weighted by Crippen LogP contribution is -2.55. The number of rotatable bonds is 3. The Bertz CT molecular complexity index is 477. The molecule has 5 unspecified atom stereocenters. The largest absolute Gasteiger partial charge is 0.743 e. The summed E-state index contributed by atoms with van der Waals surface area (Å²) < 4.78 is 84.4. The molecule has 2 saturated carbocycles. The molecule has 2 bridgehead atoms. The van der Waals surface area contributed by atoms with Crippen molar-refractivity contribution in [2.45, 2.75) is 36.2 Å². The minimum atomic E-state index is -6.52. The second kappa shape index (κ2) is 4.03. The predicted octanol–water partition coefficient (Wildman–Crippen LogP) is 0.138. The molecule has 2 N–H and O–H groups in total. The SMILES string of the molecule is O=S(=O)([O-])C(F)(F)C(F)(F)C1CC2CC1C(O)C2O. The quantitative estimate of drug-likeness (QED) is 0.571. The first-order chi connectivity index (χ1) is 8.41. The molecule has 112 valence electrons. The van der Waals surface area contributed by atoms with Crippen molar-refractivity contribution in [1.29, 1.82) is 0 Å². The average Bonchev–Trinajstić information content (AvgIpc) is 2.78. The Labute approximate surface area is 106 Å². The van der Waals surface area contributed by atoms with E-state index in [0.29, 0.717) is 0 Å². The van der Waals surface area contributed by atoms with E-state index in [9.17, 15) is 40.7 Å². The van der Waals surface area contributed by atoms with E-state index in [2.05, 4.69) is 0 Å². The number of halogens is 4. The highest BCUT2D eigenvalue weighted by Gasteiger charge is 2.71. The highest BCUT2D eigenvalue weighted by molar-refractivity contribution is 7.86. The van der Waals surface area contributed by atoms with E-state index in [4.69, 9.17) is 0 Å². The maximum absolute atomic E-state index is 13.6. The van der Waals surface area contributed by atoms with Gasteiger partial charge in [-0.1, -0.05) is 0 Å². The summed E-state index contributed by atoms with van der Waals surface area (Å²) in [7, 11) is -6.52. The number of fused-ring (bicyclic) bond motifs is 2. The van der Waals surface area contributed by atoms with Gasteiger partial charge in [-0.25, -0.2) is 8.42 Å². The Balaban J connectivity index is 2.33. The molecule has 0 spiro atoms. The Hall–Kier alpha value is -0.450. The summed E-state index contributed by atoms with van der Waals surface area (Å²) in [6.45, 7) is 0. The van der Waals surface area contributed by atoms with E-state index in [1.807, 2.05) is 0 Å². The smallest absolute Gasteiger partial charge is 0.396 e. The third kappa shape index (κ3) is 1.88. The van der Waals surface area contributed by atoms with Gasteiger partial charge in [-0.3, -0.25) is 0 Å². The van der Waals surface area contributed by atoms with Crippen LogP contribution in [0.3, 0.4) is 0 Å². The second-order valence-corrected chi connectivity index (χ2v) is 6.50. The lowest BCUT2D eigenvalue weighted by Gasteiger charge is -2.38. The summed E-state index contributed by atoms with van der Waals surface area (Å²) in [6, 6.07) is 0. The molecule has 2 fully saturated rings. The van der Waals surface area contributed by atoms with Gasteiger partial charge >= 0.3 is 11.2 Å². The van der Waals surface area contributed by atoms with Crippen LogP contribution >= 0.6 is 0 Å². The van der Waals surface area contributed by atoms with Gasteiger partial charge in [-0.05, 0) is 24.7 Å². The maximum atomic E-state index is 13.6. The molecule has 10 heteroatoms. The van der Waals surface area contributed by atoms with Gasteiger partial charge in [0.05, 0.1) is 12.2 Å². The van der Waals surface area contributed by atoms with Crippen LogP contribution in [-0.2, 0) is 10.1 Å². The molecule has 5 nitrogen and oxygen atoms in total. The summed E-state index contributed by atoms with van der Waals surface area (Å²) >= 11 is 0. The van der Waals surface area contributed by atoms with Crippen molar-refractivity contribution in [3.63, 3.8) is 0 Å². The maximum Gasteiger partial charge on any atom is 0.396 e. The third-order valence-corrected chi connectivity index (χ3v) is 4.99. The van der Waals surface area contributed by atoms with Crippen molar-refractivity contribution in [3.8, 4) is 0 Å². The topological polar surface area (TPSA) is 97.7 Å². The van der Waals surface area contributed by atoms with Crippen LogP contribution in [0.4, 0.5) is 17.6 Å². The normalized spacial score (nSPS) is 39.8. The fourth-order valence-corrected chi connectivity index (χ4v) is 3.58. The fourth-order valence-electron chi connectivity index (χ4n) is 3.10. The Kier molecular flexibility index (Phi) is 3.17. The van der Waals surface area contributed by atoms with E-state index >= 15 is 0 Å². The van der Waals surface area contributed by atoms with Gasteiger partial charge in [-0.15, -0.1) is 0 Å². The van der Waals surface area contributed by atoms with Crippen LogP contribution in [0.1, 0.15) is 12.8 Å². The van der Waals surface area contributed by atoms with E-state index < -0.39 is 57.7 Å². The van der Waals surface area contributed by atoms with Gasteiger partial charge in [0.25, 0.3) is 0 Å². The molecule has 0 aromatic heterocycles. The van der Waals surface area contributed by atoms with Crippen LogP contribution in [0.25, 0.3) is 0 Å². The molecule has 0 saturated heterocycles. The summed E-state index contributed by atoms with van der Waals surface area (Å²) in [5.74, 6) is -9.35. The molecule has 0 aromatic carbocycles. The van der Waals surface area contributed by atoms with Crippen LogP contribution in [-0.4, -0.2) is 46.6 Å². The van der Waals surface area contributed by atoms with Gasteiger partial charge in [0.2, 0.25) is 0 Å². The first-order valence-electron chi connectivity index (χ1n) is 5.48. The van der Waals surface area contributed by atoms with Crippen LogP contribution in [0.2, 0.25) is 0 Å². The highest BCUT2D eigenvalue weighted by Crippen LogP contribution is 2.58. The van der Waals surface area contributed by atoms with E-state index in [-0.39, 0.29) is 6.42 Å². The number of alkyl halides is 4. The van der Waals surface area contributed by atoms with Crippen molar-refractivity contribution < 1.29 is 40.7 Å². The van der Waals surface area contributed by atoms with Crippen molar-refractivity contribution in [1.82, 2.24) is 0 Å². The standard InChI is InChI=1S/C9H12F4O5S/c10-8(11,9(12,13)19(16,17)18)5-2-3-1-4(5)7(15)6(3)14/h3-7,14-15H,1-2H2,(H,16,17,18)/p-1. The highest BCUT2D eigenvalue weighted by atomic mass is 32.2. The lowest BCUT2D eigenvalue weighted by atomic mass is 9.81. The Morgan fingerprint density at radius 3 is 1.95 bits per heavy atom. The van der Waals surface area contributed by atoms with Crippen molar-refractivity contribution in [2.24, 2.45) is 17.8 Å². The van der Waals surface area contributed by atoms with Gasteiger partial charge in [0, 0.05) is 5.92 Å². The van der Waals surface area contributed by atoms with Gasteiger partial charge < -0.3 is 14.8 Å².